The second kappa shape index (κ2) is 9.14. The Morgan fingerprint density at radius 1 is 0.950 bits per heavy atom. The summed E-state index contributed by atoms with van der Waals surface area (Å²) in [5.74, 6) is -2.12. The van der Waals surface area contributed by atoms with Crippen LogP contribution in [0, 0.1) is 0 Å². The Balaban J connectivity index is 0.000000345. The molecule has 3 N–H and O–H groups in total. The minimum atomic E-state index is -1.24. The van der Waals surface area contributed by atoms with Crippen molar-refractivity contribution in [1.82, 2.24) is 0 Å². The molecular weight excluding hydrogens is 269 g/mol. The Bertz CT molecular complexity index is 572. The Hall–Kier alpha value is -1.82. The quantitative estimate of drug-likeness (QED) is 0.490. The first-order valence-electron chi connectivity index (χ1n) is 5.36. The molecule has 2 aromatic carbocycles. The number of anilines is 1. The smallest absolute Gasteiger partial charge is 0.545 e. The Labute approximate surface area is 138 Å². The van der Waals surface area contributed by atoms with Gasteiger partial charge in [0, 0.05) is 11.3 Å². The van der Waals surface area contributed by atoms with Crippen molar-refractivity contribution in [2.24, 2.45) is 0 Å². The molecule has 0 radical (unpaired) electrons. The van der Waals surface area contributed by atoms with Gasteiger partial charge in [0.05, 0.1) is 11.5 Å². The average Bonchev–Trinajstić information content (AvgIpc) is 2.40. The molecule has 0 aromatic heterocycles. The van der Waals surface area contributed by atoms with Gasteiger partial charge in [0.2, 0.25) is 0 Å². The number of hydrogen-bond donors (Lipinski definition) is 2. The van der Waals surface area contributed by atoms with E-state index in [9.17, 15) is 14.7 Å². The first-order chi connectivity index (χ1) is 9.02. The van der Waals surface area contributed by atoms with E-state index in [1.165, 1.54) is 12.1 Å². The van der Waals surface area contributed by atoms with Gasteiger partial charge < -0.3 is 20.7 Å². The Morgan fingerprint density at radius 2 is 1.45 bits per heavy atom. The zero-order valence-electron chi connectivity index (χ0n) is 10.9. The summed E-state index contributed by atoms with van der Waals surface area (Å²) in [5, 5.41) is 18.6. The zero-order valence-corrected chi connectivity index (χ0v) is 12.9. The SMILES string of the molecule is Nc1ccccc1C(=O)[O-].O=C(O)c1ccccc1.[Na+]. The molecule has 0 heterocycles. The monoisotopic (exact) mass is 281 g/mol. The van der Waals surface area contributed by atoms with Crippen LogP contribution in [0.25, 0.3) is 0 Å². The zero-order chi connectivity index (χ0) is 14.3. The van der Waals surface area contributed by atoms with E-state index in [0.29, 0.717) is 5.56 Å². The maximum absolute atomic E-state index is 10.2. The van der Waals surface area contributed by atoms with E-state index < -0.39 is 11.9 Å². The molecule has 0 unspecified atom stereocenters. The number of aromatic carboxylic acids is 2. The molecule has 0 spiro atoms. The predicted octanol–water partition coefficient (Wildman–Crippen LogP) is -1.98. The third-order valence-electron chi connectivity index (χ3n) is 2.20. The van der Waals surface area contributed by atoms with Crippen LogP contribution < -0.4 is 40.4 Å². The van der Waals surface area contributed by atoms with Crippen molar-refractivity contribution in [3.8, 4) is 0 Å². The third kappa shape index (κ3) is 5.88. The molecule has 98 valence electrons. The number of nitrogen functional groups attached to an aromatic ring is 1. The fraction of sp³-hybridized carbons (Fsp3) is 0. The molecule has 0 aliphatic carbocycles. The van der Waals surface area contributed by atoms with Gasteiger partial charge >= 0.3 is 35.5 Å². The summed E-state index contributed by atoms with van der Waals surface area (Å²) >= 11 is 0. The van der Waals surface area contributed by atoms with Gasteiger partial charge in [-0.15, -0.1) is 0 Å². The molecule has 0 saturated heterocycles. The summed E-state index contributed by atoms with van der Waals surface area (Å²) in [6, 6.07) is 14.5. The molecule has 0 atom stereocenters. The standard InChI is InChI=1S/C7H7NO2.C7H6O2.Na/c8-6-4-2-1-3-5(6)7(9)10;8-7(9)6-4-2-1-3-5-6;/h1-4H,8H2,(H,9,10);1-5H,(H,8,9);/q;;+1/p-1. The number of nitrogens with two attached hydrogens (primary N) is 1. The number of para-hydroxylation sites is 1. The number of carbonyl (C=O) groups excluding carboxylic acids is 1. The molecular formula is C14H12NNaO4. The topological polar surface area (TPSA) is 103 Å². The number of hydrogen-bond acceptors (Lipinski definition) is 4. The van der Waals surface area contributed by atoms with Gasteiger partial charge in [0.15, 0.2) is 0 Å². The van der Waals surface area contributed by atoms with Crippen LogP contribution >= 0.6 is 0 Å². The van der Waals surface area contributed by atoms with Gasteiger partial charge in [-0.25, -0.2) is 4.79 Å². The third-order valence-corrected chi connectivity index (χ3v) is 2.20. The van der Waals surface area contributed by atoms with Crippen molar-refractivity contribution in [2.75, 3.05) is 5.73 Å². The van der Waals surface area contributed by atoms with Crippen LogP contribution in [0.15, 0.2) is 54.6 Å². The van der Waals surface area contributed by atoms with Crippen LogP contribution in [-0.2, 0) is 0 Å². The molecule has 5 nitrogen and oxygen atoms in total. The molecule has 2 aromatic rings. The van der Waals surface area contributed by atoms with Crippen molar-refractivity contribution in [1.29, 1.82) is 0 Å². The number of rotatable bonds is 2. The van der Waals surface area contributed by atoms with Crippen LogP contribution in [0.2, 0.25) is 0 Å². The second-order valence-corrected chi connectivity index (χ2v) is 3.55. The average molecular weight is 281 g/mol. The minimum Gasteiger partial charge on any atom is -0.545 e. The maximum Gasteiger partial charge on any atom is 1.00 e. The van der Waals surface area contributed by atoms with E-state index in [4.69, 9.17) is 10.8 Å². The van der Waals surface area contributed by atoms with Gasteiger partial charge in [-0.1, -0.05) is 36.4 Å². The normalized spacial score (nSPS) is 8.60. The summed E-state index contributed by atoms with van der Waals surface area (Å²) < 4.78 is 0. The molecule has 6 heteroatoms. The summed E-state index contributed by atoms with van der Waals surface area (Å²) in [7, 11) is 0. The molecule has 0 fully saturated rings. The van der Waals surface area contributed by atoms with E-state index >= 15 is 0 Å². The second-order valence-electron chi connectivity index (χ2n) is 3.55. The van der Waals surface area contributed by atoms with Gasteiger partial charge in [-0.3, -0.25) is 0 Å². The van der Waals surface area contributed by atoms with Crippen molar-refractivity contribution >= 4 is 17.6 Å². The van der Waals surface area contributed by atoms with Gasteiger partial charge in [0.1, 0.15) is 0 Å². The summed E-state index contributed by atoms with van der Waals surface area (Å²) in [5.41, 5.74) is 5.91. The van der Waals surface area contributed by atoms with Crippen molar-refractivity contribution in [2.45, 2.75) is 0 Å². The van der Waals surface area contributed by atoms with Crippen LogP contribution in [-0.4, -0.2) is 17.0 Å². The van der Waals surface area contributed by atoms with E-state index in [1.807, 2.05) is 0 Å². The molecule has 2 rings (SSSR count). The van der Waals surface area contributed by atoms with E-state index in [-0.39, 0.29) is 40.8 Å². The first kappa shape index (κ1) is 18.2. The molecule has 0 aliphatic rings. The van der Waals surface area contributed by atoms with Crippen LogP contribution in [0.1, 0.15) is 20.7 Å². The van der Waals surface area contributed by atoms with E-state index in [1.54, 1.807) is 42.5 Å². The summed E-state index contributed by atoms with van der Waals surface area (Å²) in [6.07, 6.45) is 0. The van der Waals surface area contributed by atoms with Crippen molar-refractivity contribution in [3.63, 3.8) is 0 Å². The summed E-state index contributed by atoms with van der Waals surface area (Å²) in [6.45, 7) is 0. The van der Waals surface area contributed by atoms with Crippen molar-refractivity contribution in [3.05, 3.63) is 65.7 Å². The Morgan fingerprint density at radius 3 is 1.80 bits per heavy atom. The van der Waals surface area contributed by atoms with Gasteiger partial charge in [-0.2, -0.15) is 0 Å². The van der Waals surface area contributed by atoms with Gasteiger partial charge in [-0.05, 0) is 18.2 Å². The fourth-order valence-corrected chi connectivity index (χ4v) is 1.26. The maximum atomic E-state index is 10.2. The first-order valence-corrected chi connectivity index (χ1v) is 5.36. The molecule has 0 bridgehead atoms. The predicted molar refractivity (Wildman–Crippen MR) is 68.6 cm³/mol. The van der Waals surface area contributed by atoms with Crippen LogP contribution in [0.3, 0.4) is 0 Å². The molecule has 20 heavy (non-hydrogen) atoms. The van der Waals surface area contributed by atoms with Crippen LogP contribution in [0.5, 0.6) is 0 Å². The summed E-state index contributed by atoms with van der Waals surface area (Å²) in [4.78, 5) is 20.4. The molecule has 0 amide bonds. The van der Waals surface area contributed by atoms with Crippen molar-refractivity contribution < 1.29 is 49.4 Å². The number of benzene rings is 2. The number of carboxylic acid groups (broad SMARTS) is 2. The molecule has 0 saturated carbocycles. The van der Waals surface area contributed by atoms with E-state index in [2.05, 4.69) is 0 Å². The Kier molecular flexibility index (Phi) is 8.31. The van der Waals surface area contributed by atoms with Crippen LogP contribution in [0.4, 0.5) is 5.69 Å². The number of carbonyl (C=O) groups is 2. The molecule has 0 aliphatic heterocycles. The van der Waals surface area contributed by atoms with E-state index in [0.717, 1.165) is 0 Å². The minimum absolute atomic E-state index is 0. The number of carboxylic acids is 2. The largest absolute Gasteiger partial charge is 1.00 e. The fourth-order valence-electron chi connectivity index (χ4n) is 1.26. The van der Waals surface area contributed by atoms with Gasteiger partial charge in [0.25, 0.3) is 0 Å².